The third-order valence-corrected chi connectivity index (χ3v) is 3.32. The number of nitrogens with one attached hydrogen (secondary N) is 2. The molecule has 2 aromatic carbocycles. The van der Waals surface area contributed by atoms with Crippen molar-refractivity contribution in [2.45, 2.75) is 13.3 Å². The van der Waals surface area contributed by atoms with Gasteiger partial charge in [-0.3, -0.25) is 9.89 Å². The van der Waals surface area contributed by atoms with Crippen molar-refractivity contribution in [3.8, 4) is 5.75 Å². The Bertz CT molecular complexity index is 778. The summed E-state index contributed by atoms with van der Waals surface area (Å²) in [6, 6.07) is 13.2. The average molecular weight is 295 g/mol. The van der Waals surface area contributed by atoms with Crippen molar-refractivity contribution in [3.63, 3.8) is 0 Å². The predicted octanol–water partition coefficient (Wildman–Crippen LogP) is 3.14. The zero-order chi connectivity index (χ0) is 15.4. The first-order valence-corrected chi connectivity index (χ1v) is 7.19. The van der Waals surface area contributed by atoms with E-state index >= 15 is 0 Å². The lowest BCUT2D eigenvalue weighted by Crippen LogP contribution is -2.14. The Morgan fingerprint density at radius 3 is 2.82 bits per heavy atom. The number of hydrogen-bond donors (Lipinski definition) is 2. The van der Waals surface area contributed by atoms with Crippen molar-refractivity contribution in [2.24, 2.45) is 0 Å². The SMILES string of the molecule is CCOc1ccc(CC(=O)Nc2ccc3cn[nH]c3c2)cc1. The Kier molecular flexibility index (Phi) is 4.05. The molecule has 2 N–H and O–H groups in total. The van der Waals surface area contributed by atoms with Crippen molar-refractivity contribution in [1.29, 1.82) is 0 Å². The predicted molar refractivity (Wildman–Crippen MR) is 86.0 cm³/mol. The van der Waals surface area contributed by atoms with E-state index in [1.54, 1.807) is 6.20 Å². The maximum absolute atomic E-state index is 12.1. The van der Waals surface area contributed by atoms with Crippen molar-refractivity contribution in [2.75, 3.05) is 11.9 Å². The standard InChI is InChI=1S/C17H17N3O2/c1-2-22-15-7-3-12(4-8-15)9-17(21)19-14-6-5-13-11-18-20-16(13)10-14/h3-8,10-11H,2,9H2,1H3,(H,18,20)(H,19,21). The Morgan fingerprint density at radius 1 is 1.23 bits per heavy atom. The summed E-state index contributed by atoms with van der Waals surface area (Å²) < 4.78 is 5.38. The summed E-state index contributed by atoms with van der Waals surface area (Å²) in [5.41, 5.74) is 2.61. The maximum Gasteiger partial charge on any atom is 0.228 e. The smallest absolute Gasteiger partial charge is 0.228 e. The number of rotatable bonds is 5. The lowest BCUT2D eigenvalue weighted by atomic mass is 10.1. The Balaban J connectivity index is 1.63. The molecule has 0 aliphatic rings. The molecular formula is C17H17N3O2. The molecule has 0 aliphatic heterocycles. The Labute approximate surface area is 128 Å². The van der Waals surface area contributed by atoms with Crippen molar-refractivity contribution >= 4 is 22.5 Å². The van der Waals surface area contributed by atoms with Gasteiger partial charge in [0.2, 0.25) is 5.91 Å². The molecule has 0 radical (unpaired) electrons. The number of fused-ring (bicyclic) bond motifs is 1. The molecule has 3 rings (SSSR count). The number of benzene rings is 2. The van der Waals surface area contributed by atoms with Crippen LogP contribution in [-0.2, 0) is 11.2 Å². The minimum absolute atomic E-state index is 0.0528. The minimum Gasteiger partial charge on any atom is -0.494 e. The van der Waals surface area contributed by atoms with Gasteiger partial charge in [-0.05, 0) is 42.8 Å². The average Bonchev–Trinajstić information content (AvgIpc) is 2.97. The fourth-order valence-corrected chi connectivity index (χ4v) is 2.28. The van der Waals surface area contributed by atoms with E-state index in [-0.39, 0.29) is 5.91 Å². The van der Waals surface area contributed by atoms with E-state index in [9.17, 15) is 4.79 Å². The summed E-state index contributed by atoms with van der Waals surface area (Å²) in [6.45, 7) is 2.58. The third kappa shape index (κ3) is 3.25. The van der Waals surface area contributed by atoms with Crippen molar-refractivity contribution < 1.29 is 9.53 Å². The van der Waals surface area contributed by atoms with Gasteiger partial charge in [-0.2, -0.15) is 5.10 Å². The number of aromatic amines is 1. The van der Waals surface area contributed by atoms with E-state index in [1.807, 2.05) is 49.4 Å². The van der Waals surface area contributed by atoms with Gasteiger partial charge in [-0.1, -0.05) is 12.1 Å². The van der Waals surface area contributed by atoms with E-state index in [2.05, 4.69) is 15.5 Å². The monoisotopic (exact) mass is 295 g/mol. The van der Waals surface area contributed by atoms with Crippen LogP contribution in [0.15, 0.2) is 48.7 Å². The molecule has 22 heavy (non-hydrogen) atoms. The molecule has 0 fully saturated rings. The van der Waals surface area contributed by atoms with Crippen LogP contribution in [0.3, 0.4) is 0 Å². The van der Waals surface area contributed by atoms with E-state index in [1.165, 1.54) is 0 Å². The number of aromatic nitrogens is 2. The number of H-pyrrole nitrogens is 1. The number of nitrogens with zero attached hydrogens (tertiary/aromatic N) is 1. The van der Waals surface area contributed by atoms with Crippen LogP contribution in [0.2, 0.25) is 0 Å². The normalized spacial score (nSPS) is 10.6. The molecule has 5 nitrogen and oxygen atoms in total. The van der Waals surface area contributed by atoms with Crippen LogP contribution in [0.25, 0.3) is 10.9 Å². The third-order valence-electron chi connectivity index (χ3n) is 3.32. The number of anilines is 1. The van der Waals surface area contributed by atoms with E-state index in [0.717, 1.165) is 27.9 Å². The Hall–Kier alpha value is -2.82. The fourth-order valence-electron chi connectivity index (χ4n) is 2.28. The first-order chi connectivity index (χ1) is 10.7. The molecule has 0 unspecified atom stereocenters. The van der Waals surface area contributed by atoms with Crippen molar-refractivity contribution in [3.05, 3.63) is 54.2 Å². The molecule has 5 heteroatoms. The number of ether oxygens (including phenoxy) is 1. The molecule has 1 amide bonds. The van der Waals surface area contributed by atoms with Gasteiger partial charge in [0.1, 0.15) is 5.75 Å². The Morgan fingerprint density at radius 2 is 2.05 bits per heavy atom. The summed E-state index contributed by atoms with van der Waals surface area (Å²) >= 11 is 0. The summed E-state index contributed by atoms with van der Waals surface area (Å²) in [6.07, 6.45) is 2.08. The zero-order valence-corrected chi connectivity index (χ0v) is 12.3. The van der Waals surface area contributed by atoms with Crippen LogP contribution in [0.1, 0.15) is 12.5 Å². The molecule has 0 bridgehead atoms. The number of amides is 1. The van der Waals surface area contributed by atoms with E-state index in [0.29, 0.717) is 13.0 Å². The van der Waals surface area contributed by atoms with Gasteiger partial charge in [0.15, 0.2) is 0 Å². The van der Waals surface area contributed by atoms with Crippen LogP contribution >= 0.6 is 0 Å². The lowest BCUT2D eigenvalue weighted by molar-refractivity contribution is -0.115. The summed E-state index contributed by atoms with van der Waals surface area (Å²) in [5.74, 6) is 0.763. The molecule has 3 aromatic rings. The fraction of sp³-hybridized carbons (Fsp3) is 0.176. The molecule has 112 valence electrons. The zero-order valence-electron chi connectivity index (χ0n) is 12.3. The highest BCUT2D eigenvalue weighted by Crippen LogP contribution is 2.17. The second kappa shape index (κ2) is 6.30. The number of hydrogen-bond acceptors (Lipinski definition) is 3. The van der Waals surface area contributed by atoms with Gasteiger partial charge in [0, 0.05) is 11.1 Å². The molecule has 0 saturated heterocycles. The maximum atomic E-state index is 12.1. The quantitative estimate of drug-likeness (QED) is 0.760. The highest BCUT2D eigenvalue weighted by Gasteiger charge is 2.06. The van der Waals surface area contributed by atoms with Gasteiger partial charge in [-0.25, -0.2) is 0 Å². The number of carbonyl (C=O) groups excluding carboxylic acids is 1. The van der Waals surface area contributed by atoms with Gasteiger partial charge in [-0.15, -0.1) is 0 Å². The summed E-state index contributed by atoms with van der Waals surface area (Å²) in [7, 11) is 0. The van der Waals surface area contributed by atoms with Crippen LogP contribution in [0.4, 0.5) is 5.69 Å². The van der Waals surface area contributed by atoms with Crippen LogP contribution in [0.5, 0.6) is 5.75 Å². The van der Waals surface area contributed by atoms with Gasteiger partial charge >= 0.3 is 0 Å². The van der Waals surface area contributed by atoms with Crippen LogP contribution in [-0.4, -0.2) is 22.7 Å². The van der Waals surface area contributed by atoms with Gasteiger partial charge < -0.3 is 10.1 Å². The number of carbonyl (C=O) groups is 1. The molecular weight excluding hydrogens is 278 g/mol. The molecule has 0 atom stereocenters. The van der Waals surface area contributed by atoms with Gasteiger partial charge in [0.05, 0.1) is 24.7 Å². The van der Waals surface area contributed by atoms with Crippen molar-refractivity contribution in [1.82, 2.24) is 10.2 Å². The molecule has 0 aliphatic carbocycles. The highest BCUT2D eigenvalue weighted by atomic mass is 16.5. The highest BCUT2D eigenvalue weighted by molar-refractivity contribution is 5.94. The van der Waals surface area contributed by atoms with E-state index in [4.69, 9.17) is 4.74 Å². The first-order valence-electron chi connectivity index (χ1n) is 7.19. The van der Waals surface area contributed by atoms with Gasteiger partial charge in [0.25, 0.3) is 0 Å². The van der Waals surface area contributed by atoms with Crippen LogP contribution in [0, 0.1) is 0 Å². The molecule has 1 heterocycles. The lowest BCUT2D eigenvalue weighted by Gasteiger charge is -2.07. The molecule has 0 saturated carbocycles. The summed E-state index contributed by atoms with van der Waals surface area (Å²) in [4.78, 5) is 12.1. The van der Waals surface area contributed by atoms with E-state index < -0.39 is 0 Å². The second-order valence-corrected chi connectivity index (χ2v) is 4.97. The largest absolute Gasteiger partial charge is 0.494 e. The minimum atomic E-state index is -0.0528. The second-order valence-electron chi connectivity index (χ2n) is 4.97. The molecule has 0 spiro atoms. The first kappa shape index (κ1) is 14.1. The van der Waals surface area contributed by atoms with Crippen LogP contribution < -0.4 is 10.1 Å². The summed E-state index contributed by atoms with van der Waals surface area (Å²) in [5, 5.41) is 10.8. The topological polar surface area (TPSA) is 67.0 Å². The molecule has 1 aromatic heterocycles.